The quantitative estimate of drug-likeness (QED) is 0.444. The third-order valence-corrected chi connectivity index (χ3v) is 1.33. The van der Waals surface area contributed by atoms with E-state index in [-0.39, 0.29) is 5.88 Å². The molecule has 1 radical (unpaired) electrons. The lowest BCUT2D eigenvalue weighted by Crippen LogP contribution is -2.28. The molecule has 0 aliphatic carbocycles. The molecule has 0 saturated heterocycles. The Labute approximate surface area is 58.6 Å². The fourth-order valence-corrected chi connectivity index (χ4v) is 0.307. The van der Waals surface area contributed by atoms with Crippen molar-refractivity contribution < 1.29 is 14.6 Å². The monoisotopic (exact) mass is 151 g/mol. The molecule has 0 atom stereocenters. The first kappa shape index (κ1) is 8.56. The Hall–Kier alpha value is -0.440. The molecule has 3 nitrogen and oxygen atoms in total. The number of hydrogen-bond donors (Lipinski definition) is 0. The van der Waals surface area contributed by atoms with Crippen molar-refractivity contribution in [2.24, 2.45) is 0 Å². The molecule has 0 N–H and O–H groups in total. The number of ether oxygens (including phenoxy) is 1. The van der Waals surface area contributed by atoms with Crippen LogP contribution in [0.25, 0.3) is 0 Å². The van der Waals surface area contributed by atoms with Crippen molar-refractivity contribution in [1.29, 1.82) is 0 Å². The van der Waals surface area contributed by atoms with E-state index in [0.717, 1.165) is 0 Å². The molecule has 0 aliphatic heterocycles. The molecule has 0 heterocycles. The second-order valence-corrected chi connectivity index (χ2v) is 2.51. The molecule has 4 heteroatoms. The average molecular weight is 152 g/mol. The molecule has 0 bridgehead atoms. The van der Waals surface area contributed by atoms with Gasteiger partial charge in [-0.3, -0.25) is 0 Å². The van der Waals surface area contributed by atoms with Gasteiger partial charge in [-0.2, -0.15) is 9.90 Å². The fourth-order valence-electron chi connectivity index (χ4n) is 0.253. The molecular formula is C5H8ClO3. The summed E-state index contributed by atoms with van der Waals surface area (Å²) in [4.78, 5) is 9.78. The van der Waals surface area contributed by atoms with E-state index < -0.39 is 11.8 Å². The lowest BCUT2D eigenvalue weighted by atomic mass is 10.2. The molecule has 0 aromatic carbocycles. The summed E-state index contributed by atoms with van der Waals surface area (Å²) in [6, 6.07) is 0. The minimum atomic E-state index is -1.54. The highest BCUT2D eigenvalue weighted by molar-refractivity contribution is 6.18. The molecule has 0 aliphatic rings. The summed E-state index contributed by atoms with van der Waals surface area (Å²) in [5.74, 6) is 0.126. The summed E-state index contributed by atoms with van der Waals surface area (Å²) in [7, 11) is 0. The number of carbonyl (C=O) groups is 1. The molecule has 0 fully saturated rings. The standard InChI is InChI=1S/C5H8ClO3/c1-5(2,3-6)9-4(7)8/h3H2,1-2H3. The van der Waals surface area contributed by atoms with Crippen LogP contribution in [0.15, 0.2) is 0 Å². The van der Waals surface area contributed by atoms with E-state index in [1.807, 2.05) is 0 Å². The molecule has 0 aromatic heterocycles. The van der Waals surface area contributed by atoms with Crippen LogP contribution in [0.4, 0.5) is 4.79 Å². The van der Waals surface area contributed by atoms with Gasteiger partial charge in [-0.1, -0.05) is 0 Å². The first-order valence-corrected chi connectivity index (χ1v) is 2.97. The predicted octanol–water partition coefficient (Wildman–Crippen LogP) is 1.57. The van der Waals surface area contributed by atoms with Crippen LogP contribution >= 0.6 is 11.6 Å². The normalized spacial score (nSPS) is 11.0. The summed E-state index contributed by atoms with van der Waals surface area (Å²) in [6.45, 7) is 3.13. The van der Waals surface area contributed by atoms with Crippen LogP contribution in [0.2, 0.25) is 0 Å². The zero-order valence-electron chi connectivity index (χ0n) is 5.31. The lowest BCUT2D eigenvalue weighted by Gasteiger charge is -2.18. The Balaban J connectivity index is 3.71. The van der Waals surface area contributed by atoms with Crippen molar-refractivity contribution in [3.8, 4) is 0 Å². The van der Waals surface area contributed by atoms with Gasteiger partial charge in [0, 0.05) is 0 Å². The van der Waals surface area contributed by atoms with E-state index >= 15 is 0 Å². The highest BCUT2D eigenvalue weighted by Crippen LogP contribution is 2.10. The van der Waals surface area contributed by atoms with Crippen molar-refractivity contribution in [1.82, 2.24) is 0 Å². The van der Waals surface area contributed by atoms with E-state index in [4.69, 9.17) is 11.6 Å². The molecule has 0 unspecified atom stereocenters. The van der Waals surface area contributed by atoms with Crippen molar-refractivity contribution in [3.63, 3.8) is 0 Å². The van der Waals surface area contributed by atoms with Crippen LogP contribution in [-0.2, 0) is 9.84 Å². The van der Waals surface area contributed by atoms with Gasteiger partial charge in [-0.25, -0.2) is 0 Å². The van der Waals surface area contributed by atoms with Gasteiger partial charge >= 0.3 is 6.16 Å². The van der Waals surface area contributed by atoms with Crippen molar-refractivity contribution in [2.45, 2.75) is 19.4 Å². The second-order valence-electron chi connectivity index (χ2n) is 2.25. The maximum atomic E-state index is 9.78. The van der Waals surface area contributed by atoms with E-state index in [9.17, 15) is 9.90 Å². The molecule has 0 amide bonds. The van der Waals surface area contributed by atoms with Crippen molar-refractivity contribution in [3.05, 3.63) is 0 Å². The summed E-state index contributed by atoms with van der Waals surface area (Å²) in [5, 5.41) is 9.78. The van der Waals surface area contributed by atoms with Crippen LogP contribution in [0.5, 0.6) is 0 Å². The highest BCUT2D eigenvalue weighted by atomic mass is 35.5. The summed E-state index contributed by atoms with van der Waals surface area (Å²) >= 11 is 5.32. The Morgan fingerprint density at radius 2 is 2.11 bits per heavy atom. The van der Waals surface area contributed by atoms with Crippen molar-refractivity contribution >= 4 is 17.8 Å². The van der Waals surface area contributed by atoms with Gasteiger partial charge in [0.05, 0.1) is 5.88 Å². The number of alkyl halides is 1. The molecule has 0 saturated carbocycles. The Morgan fingerprint density at radius 3 is 2.22 bits per heavy atom. The van der Waals surface area contributed by atoms with Crippen LogP contribution in [0.3, 0.4) is 0 Å². The highest BCUT2D eigenvalue weighted by Gasteiger charge is 2.21. The molecule has 9 heavy (non-hydrogen) atoms. The van der Waals surface area contributed by atoms with E-state index in [1.54, 1.807) is 13.8 Å². The molecular weight excluding hydrogens is 144 g/mol. The zero-order valence-corrected chi connectivity index (χ0v) is 6.07. The van der Waals surface area contributed by atoms with E-state index in [2.05, 4.69) is 4.74 Å². The van der Waals surface area contributed by atoms with E-state index in [0.29, 0.717) is 0 Å². The van der Waals surface area contributed by atoms with Gasteiger partial charge in [-0.05, 0) is 13.8 Å². The van der Waals surface area contributed by atoms with Crippen LogP contribution < -0.4 is 0 Å². The van der Waals surface area contributed by atoms with Gasteiger partial charge in [-0.15, -0.1) is 11.6 Å². The third kappa shape index (κ3) is 4.09. The maximum Gasteiger partial charge on any atom is 0.550 e. The zero-order chi connectivity index (χ0) is 7.49. The lowest BCUT2D eigenvalue weighted by molar-refractivity contribution is 0.000707. The Kier molecular flexibility index (Phi) is 2.77. The minimum Gasteiger partial charge on any atom is -0.424 e. The molecule has 0 rings (SSSR count). The molecule has 53 valence electrons. The SMILES string of the molecule is CC(C)(CCl)OC([O])=O. The van der Waals surface area contributed by atoms with Gasteiger partial charge in [0.1, 0.15) is 5.60 Å². The Morgan fingerprint density at radius 1 is 1.67 bits per heavy atom. The summed E-state index contributed by atoms with van der Waals surface area (Å²) < 4.78 is 4.26. The average Bonchev–Trinajstić information content (AvgIpc) is 1.63. The number of rotatable bonds is 2. The fraction of sp³-hybridized carbons (Fsp3) is 0.800. The van der Waals surface area contributed by atoms with Crippen LogP contribution in [0.1, 0.15) is 13.8 Å². The van der Waals surface area contributed by atoms with Gasteiger partial charge in [0.15, 0.2) is 0 Å². The van der Waals surface area contributed by atoms with Crippen molar-refractivity contribution in [2.75, 3.05) is 5.88 Å². The first-order chi connectivity index (χ1) is 3.98. The van der Waals surface area contributed by atoms with E-state index in [1.165, 1.54) is 0 Å². The van der Waals surface area contributed by atoms with Crippen LogP contribution in [-0.4, -0.2) is 17.6 Å². The molecule has 0 spiro atoms. The van der Waals surface area contributed by atoms with Gasteiger partial charge < -0.3 is 4.74 Å². The smallest absolute Gasteiger partial charge is 0.424 e. The Bertz CT molecular complexity index is 111. The largest absolute Gasteiger partial charge is 0.550 e. The topological polar surface area (TPSA) is 46.2 Å². The minimum absolute atomic E-state index is 0.126. The molecule has 0 aromatic rings. The first-order valence-electron chi connectivity index (χ1n) is 2.44. The van der Waals surface area contributed by atoms with Gasteiger partial charge in [0.25, 0.3) is 0 Å². The summed E-state index contributed by atoms with van der Waals surface area (Å²) in [5.41, 5.74) is -0.833. The maximum absolute atomic E-state index is 9.78. The van der Waals surface area contributed by atoms with Gasteiger partial charge in [0.2, 0.25) is 0 Å². The number of halogens is 1. The predicted molar refractivity (Wildman–Crippen MR) is 32.0 cm³/mol. The summed E-state index contributed by atoms with van der Waals surface area (Å²) in [6.07, 6.45) is -1.54. The third-order valence-electron chi connectivity index (χ3n) is 0.681. The van der Waals surface area contributed by atoms with Crippen LogP contribution in [0, 0.1) is 0 Å². The number of hydrogen-bond acceptors (Lipinski definition) is 2. The number of carbonyl (C=O) groups excluding carboxylic acids is 1. The second kappa shape index (κ2) is 2.92.